The van der Waals surface area contributed by atoms with E-state index in [4.69, 9.17) is 4.74 Å². The number of benzene rings is 1. The van der Waals surface area contributed by atoms with Crippen molar-refractivity contribution in [2.24, 2.45) is 4.99 Å². The van der Waals surface area contributed by atoms with Crippen LogP contribution in [0.2, 0.25) is 0 Å². The summed E-state index contributed by atoms with van der Waals surface area (Å²) in [7, 11) is 1.81. The van der Waals surface area contributed by atoms with Crippen LogP contribution in [0.1, 0.15) is 38.2 Å². The monoisotopic (exact) mass is 401 g/mol. The number of guanidine groups is 1. The van der Waals surface area contributed by atoms with E-state index in [2.05, 4.69) is 32.8 Å². The van der Waals surface area contributed by atoms with Gasteiger partial charge in [-0.05, 0) is 62.9 Å². The summed E-state index contributed by atoms with van der Waals surface area (Å²) in [5.74, 6) is 1.54. The Balaban J connectivity index is 1.32. The standard InChI is InChI=1S/C22H35N5O2/c1-3-27-14-4-5-19(27)15-25-22(23-2)24-13-12-17-6-10-20(11-7-17)29-16-21(28)26-18-8-9-18/h6-7,10-11,18-19H,3-5,8-9,12-16H2,1-2H3,(H,26,28)(H2,23,24,25). The van der Waals surface area contributed by atoms with Crippen LogP contribution in [-0.2, 0) is 11.2 Å². The summed E-state index contributed by atoms with van der Waals surface area (Å²) >= 11 is 0. The SMILES string of the molecule is CCN1CCCC1CNC(=NC)NCCc1ccc(OCC(=O)NC2CC2)cc1. The van der Waals surface area contributed by atoms with Crippen molar-refractivity contribution in [2.45, 2.75) is 51.1 Å². The summed E-state index contributed by atoms with van der Waals surface area (Å²) in [4.78, 5) is 18.5. The van der Waals surface area contributed by atoms with Crippen molar-refractivity contribution < 1.29 is 9.53 Å². The molecule has 1 aliphatic heterocycles. The van der Waals surface area contributed by atoms with Crippen molar-refractivity contribution in [3.8, 4) is 5.75 Å². The van der Waals surface area contributed by atoms with Crippen molar-refractivity contribution >= 4 is 11.9 Å². The molecule has 29 heavy (non-hydrogen) atoms. The average Bonchev–Trinajstić information content (AvgIpc) is 3.43. The summed E-state index contributed by atoms with van der Waals surface area (Å²) in [5.41, 5.74) is 1.22. The highest BCUT2D eigenvalue weighted by atomic mass is 16.5. The first-order valence-corrected chi connectivity index (χ1v) is 10.9. The minimum absolute atomic E-state index is 0.0423. The number of nitrogens with zero attached hydrogens (tertiary/aromatic N) is 2. The highest BCUT2D eigenvalue weighted by Gasteiger charge is 2.23. The van der Waals surface area contributed by atoms with Gasteiger partial charge in [0.1, 0.15) is 5.75 Å². The zero-order valence-corrected chi connectivity index (χ0v) is 17.7. The highest BCUT2D eigenvalue weighted by molar-refractivity contribution is 5.79. The summed E-state index contributed by atoms with van der Waals surface area (Å²) in [6.07, 6.45) is 5.62. The van der Waals surface area contributed by atoms with E-state index in [1.165, 1.54) is 24.9 Å². The van der Waals surface area contributed by atoms with Gasteiger partial charge in [-0.1, -0.05) is 19.1 Å². The molecule has 1 saturated carbocycles. The lowest BCUT2D eigenvalue weighted by atomic mass is 10.1. The van der Waals surface area contributed by atoms with Gasteiger partial charge in [0.2, 0.25) is 0 Å². The van der Waals surface area contributed by atoms with Gasteiger partial charge in [-0.2, -0.15) is 0 Å². The van der Waals surface area contributed by atoms with Gasteiger partial charge in [0.25, 0.3) is 5.91 Å². The lowest BCUT2D eigenvalue weighted by molar-refractivity contribution is -0.123. The number of carbonyl (C=O) groups excluding carboxylic acids is 1. The van der Waals surface area contributed by atoms with E-state index >= 15 is 0 Å². The van der Waals surface area contributed by atoms with Gasteiger partial charge in [0.15, 0.2) is 12.6 Å². The molecule has 1 aromatic rings. The third-order valence-electron chi connectivity index (χ3n) is 5.58. The fraction of sp³-hybridized carbons (Fsp3) is 0.636. The number of rotatable bonds is 10. The second-order valence-electron chi connectivity index (χ2n) is 7.83. The fourth-order valence-corrected chi connectivity index (χ4v) is 3.70. The Labute approximate surface area is 174 Å². The quantitative estimate of drug-likeness (QED) is 0.409. The molecule has 1 unspecified atom stereocenters. The molecule has 7 heteroatoms. The van der Waals surface area contributed by atoms with Crippen LogP contribution in [0.4, 0.5) is 0 Å². The molecule has 1 saturated heterocycles. The van der Waals surface area contributed by atoms with Crippen molar-refractivity contribution in [3.63, 3.8) is 0 Å². The molecule has 1 aliphatic carbocycles. The summed E-state index contributed by atoms with van der Waals surface area (Å²) in [5, 5.41) is 9.77. The van der Waals surface area contributed by atoms with E-state index in [1.807, 2.05) is 31.3 Å². The van der Waals surface area contributed by atoms with Crippen LogP contribution in [0.15, 0.2) is 29.3 Å². The Morgan fingerprint density at radius 2 is 2.00 bits per heavy atom. The van der Waals surface area contributed by atoms with Crippen molar-refractivity contribution in [3.05, 3.63) is 29.8 Å². The van der Waals surface area contributed by atoms with Gasteiger partial charge in [0.05, 0.1) is 0 Å². The molecule has 1 amide bonds. The van der Waals surface area contributed by atoms with Gasteiger partial charge in [-0.3, -0.25) is 14.7 Å². The van der Waals surface area contributed by atoms with E-state index in [0.717, 1.165) is 50.6 Å². The molecule has 2 fully saturated rings. The topological polar surface area (TPSA) is 78.0 Å². The zero-order chi connectivity index (χ0) is 20.5. The molecule has 0 aromatic heterocycles. The summed E-state index contributed by atoms with van der Waals surface area (Å²) in [6.45, 7) is 6.38. The summed E-state index contributed by atoms with van der Waals surface area (Å²) < 4.78 is 5.55. The third-order valence-corrected chi connectivity index (χ3v) is 5.58. The lowest BCUT2D eigenvalue weighted by Crippen LogP contribution is -2.45. The van der Waals surface area contributed by atoms with E-state index < -0.39 is 0 Å². The van der Waals surface area contributed by atoms with Crippen LogP contribution in [0.25, 0.3) is 0 Å². The van der Waals surface area contributed by atoms with Gasteiger partial charge in [-0.15, -0.1) is 0 Å². The second-order valence-corrected chi connectivity index (χ2v) is 7.83. The Hall–Kier alpha value is -2.28. The normalized spacial score (nSPS) is 19.8. The number of likely N-dealkylation sites (N-methyl/N-ethyl adjacent to an activating group) is 1. The Morgan fingerprint density at radius 3 is 2.69 bits per heavy atom. The highest BCUT2D eigenvalue weighted by Crippen LogP contribution is 2.18. The van der Waals surface area contributed by atoms with Crippen LogP contribution in [0.3, 0.4) is 0 Å². The van der Waals surface area contributed by atoms with Gasteiger partial charge in [0, 0.05) is 32.2 Å². The molecule has 0 radical (unpaired) electrons. The summed E-state index contributed by atoms with van der Waals surface area (Å²) in [6, 6.07) is 8.92. The molecule has 2 aliphatic rings. The van der Waals surface area contributed by atoms with Gasteiger partial charge >= 0.3 is 0 Å². The average molecular weight is 402 g/mol. The molecule has 3 rings (SSSR count). The van der Waals surface area contributed by atoms with E-state index in [9.17, 15) is 4.79 Å². The molecule has 160 valence electrons. The first-order valence-electron chi connectivity index (χ1n) is 10.9. The van der Waals surface area contributed by atoms with Crippen LogP contribution >= 0.6 is 0 Å². The van der Waals surface area contributed by atoms with E-state index in [0.29, 0.717) is 12.1 Å². The maximum Gasteiger partial charge on any atom is 0.258 e. The largest absolute Gasteiger partial charge is 0.484 e. The van der Waals surface area contributed by atoms with Crippen LogP contribution in [-0.4, -0.2) is 68.7 Å². The zero-order valence-electron chi connectivity index (χ0n) is 17.7. The Bertz CT molecular complexity index is 672. The number of hydrogen-bond donors (Lipinski definition) is 3. The first-order chi connectivity index (χ1) is 14.2. The predicted molar refractivity (Wildman–Crippen MR) is 116 cm³/mol. The molecule has 7 nitrogen and oxygen atoms in total. The maximum atomic E-state index is 11.7. The van der Waals surface area contributed by atoms with Crippen LogP contribution < -0.4 is 20.7 Å². The number of ether oxygens (including phenoxy) is 1. The molecule has 3 N–H and O–H groups in total. The Morgan fingerprint density at radius 1 is 1.21 bits per heavy atom. The maximum absolute atomic E-state index is 11.7. The molecule has 1 atom stereocenters. The van der Waals surface area contributed by atoms with Crippen LogP contribution in [0, 0.1) is 0 Å². The van der Waals surface area contributed by atoms with Gasteiger partial charge < -0.3 is 20.7 Å². The van der Waals surface area contributed by atoms with Crippen molar-refractivity contribution in [1.82, 2.24) is 20.9 Å². The minimum Gasteiger partial charge on any atom is -0.484 e. The second kappa shape index (κ2) is 11.0. The van der Waals surface area contributed by atoms with E-state index in [1.54, 1.807) is 0 Å². The lowest BCUT2D eigenvalue weighted by Gasteiger charge is -2.24. The Kier molecular flexibility index (Phi) is 8.16. The molecule has 1 heterocycles. The third kappa shape index (κ3) is 7.24. The van der Waals surface area contributed by atoms with Crippen molar-refractivity contribution in [1.29, 1.82) is 0 Å². The molecule has 0 bridgehead atoms. The number of nitrogens with one attached hydrogen (secondary N) is 3. The number of likely N-dealkylation sites (tertiary alicyclic amines) is 1. The minimum atomic E-state index is -0.0423. The predicted octanol–water partition coefficient (Wildman–Crippen LogP) is 1.54. The van der Waals surface area contributed by atoms with Crippen molar-refractivity contribution in [2.75, 3.05) is 39.8 Å². The molecule has 1 aromatic carbocycles. The molecular weight excluding hydrogens is 366 g/mol. The number of amides is 1. The first kappa shape index (κ1) is 21.4. The molecular formula is C22H35N5O2. The van der Waals surface area contributed by atoms with E-state index in [-0.39, 0.29) is 12.5 Å². The number of aliphatic imine (C=N–C) groups is 1. The number of carbonyl (C=O) groups is 1. The molecule has 0 spiro atoms. The van der Waals surface area contributed by atoms with Crippen LogP contribution in [0.5, 0.6) is 5.75 Å². The van der Waals surface area contributed by atoms with Gasteiger partial charge in [-0.25, -0.2) is 0 Å². The fourth-order valence-electron chi connectivity index (χ4n) is 3.70. The smallest absolute Gasteiger partial charge is 0.258 e. The number of hydrogen-bond acceptors (Lipinski definition) is 4.